The van der Waals surface area contributed by atoms with E-state index in [9.17, 15) is 17.6 Å². The molecule has 0 spiro atoms. The molecule has 2 nitrogen and oxygen atoms in total. The molecule has 1 saturated carbocycles. The van der Waals surface area contributed by atoms with Crippen LogP contribution in [0.4, 0.5) is 17.6 Å². The summed E-state index contributed by atoms with van der Waals surface area (Å²) in [7, 11) is 0. The third-order valence-corrected chi connectivity index (χ3v) is 3.36. The number of hydrogen-bond acceptors (Lipinski definition) is 1. The number of halogens is 5. The van der Waals surface area contributed by atoms with Gasteiger partial charge in [0.1, 0.15) is 5.69 Å². The summed E-state index contributed by atoms with van der Waals surface area (Å²) in [5, 5.41) is 3.55. The quantitative estimate of drug-likeness (QED) is 0.765. The normalized spacial score (nSPS) is 23.6. The number of hydrogen-bond donors (Lipinski definition) is 0. The zero-order valence-electron chi connectivity index (χ0n) is 9.77. The number of aromatic nitrogens is 2. The fraction of sp³-hybridized carbons (Fsp3) is 0.727. The van der Waals surface area contributed by atoms with Crippen molar-refractivity contribution >= 4 is 11.6 Å². The standard InChI is InChI=1S/C11H13ClF4N2/c1-10(13,14)9-8(12)6-18(17-9)5-7-2-3-11(15,16)4-7/h6-7H,2-5H2,1H3. The van der Waals surface area contributed by atoms with Crippen LogP contribution in [0.5, 0.6) is 0 Å². The first-order chi connectivity index (χ1) is 8.17. The molecule has 0 bridgehead atoms. The van der Waals surface area contributed by atoms with Gasteiger partial charge in [0, 0.05) is 32.5 Å². The van der Waals surface area contributed by atoms with Gasteiger partial charge in [0.2, 0.25) is 5.92 Å². The smallest absolute Gasteiger partial charge is 0.270 e. The van der Waals surface area contributed by atoms with Crippen LogP contribution in [0, 0.1) is 5.92 Å². The zero-order valence-corrected chi connectivity index (χ0v) is 10.5. The molecule has 102 valence electrons. The molecule has 1 aliphatic rings. The molecular weight excluding hydrogens is 272 g/mol. The second-order valence-electron chi connectivity index (χ2n) is 4.90. The van der Waals surface area contributed by atoms with Crippen LogP contribution < -0.4 is 0 Å². The lowest BCUT2D eigenvalue weighted by molar-refractivity contribution is 0.00351. The average molecular weight is 285 g/mol. The van der Waals surface area contributed by atoms with Crippen molar-refractivity contribution in [2.75, 3.05) is 0 Å². The Morgan fingerprint density at radius 1 is 1.56 bits per heavy atom. The maximum absolute atomic E-state index is 13.1. The lowest BCUT2D eigenvalue weighted by Crippen LogP contribution is -2.14. The van der Waals surface area contributed by atoms with Crippen LogP contribution in [0.1, 0.15) is 31.9 Å². The topological polar surface area (TPSA) is 17.8 Å². The molecule has 0 aliphatic heterocycles. The van der Waals surface area contributed by atoms with Crippen LogP contribution in [0.2, 0.25) is 5.02 Å². The van der Waals surface area contributed by atoms with Gasteiger partial charge in [-0.1, -0.05) is 11.6 Å². The highest BCUT2D eigenvalue weighted by Crippen LogP contribution is 2.40. The van der Waals surface area contributed by atoms with Gasteiger partial charge in [-0.25, -0.2) is 8.78 Å². The second-order valence-corrected chi connectivity index (χ2v) is 5.31. The van der Waals surface area contributed by atoms with E-state index < -0.39 is 17.5 Å². The molecule has 0 N–H and O–H groups in total. The van der Waals surface area contributed by atoms with Crippen LogP contribution in [0.3, 0.4) is 0 Å². The van der Waals surface area contributed by atoms with E-state index in [4.69, 9.17) is 11.6 Å². The highest BCUT2D eigenvalue weighted by molar-refractivity contribution is 6.31. The van der Waals surface area contributed by atoms with Crippen LogP contribution in [-0.4, -0.2) is 15.7 Å². The Labute approximate surface area is 107 Å². The summed E-state index contributed by atoms with van der Waals surface area (Å²) in [6.07, 6.45) is 1.28. The molecule has 7 heteroatoms. The molecule has 1 aromatic rings. The van der Waals surface area contributed by atoms with E-state index in [0.717, 1.165) is 0 Å². The van der Waals surface area contributed by atoms with E-state index in [1.807, 2.05) is 0 Å². The molecule has 1 fully saturated rings. The van der Waals surface area contributed by atoms with Gasteiger partial charge in [0.15, 0.2) is 0 Å². The van der Waals surface area contributed by atoms with E-state index in [-0.39, 0.29) is 30.3 Å². The lowest BCUT2D eigenvalue weighted by Gasteiger charge is -2.11. The fourth-order valence-corrected chi connectivity index (χ4v) is 2.57. The van der Waals surface area contributed by atoms with Gasteiger partial charge in [0.05, 0.1) is 5.02 Å². The predicted octanol–water partition coefficient (Wildman–Crippen LogP) is 4.08. The Kier molecular flexibility index (Phi) is 3.34. The highest BCUT2D eigenvalue weighted by atomic mass is 35.5. The number of alkyl halides is 4. The Morgan fingerprint density at radius 2 is 2.22 bits per heavy atom. The molecule has 0 saturated heterocycles. The summed E-state index contributed by atoms with van der Waals surface area (Å²) in [5.74, 6) is -6.00. The van der Waals surface area contributed by atoms with Crippen molar-refractivity contribution in [1.82, 2.24) is 9.78 Å². The van der Waals surface area contributed by atoms with E-state index in [0.29, 0.717) is 13.3 Å². The van der Waals surface area contributed by atoms with Crippen LogP contribution >= 0.6 is 11.6 Å². The number of nitrogens with zero attached hydrogens (tertiary/aromatic N) is 2. The van der Waals surface area contributed by atoms with Gasteiger partial charge in [-0.3, -0.25) is 4.68 Å². The fourth-order valence-electron chi connectivity index (χ4n) is 2.25. The van der Waals surface area contributed by atoms with Crippen LogP contribution in [0.15, 0.2) is 6.20 Å². The molecule has 1 aliphatic carbocycles. The Morgan fingerprint density at radius 3 is 2.67 bits per heavy atom. The van der Waals surface area contributed by atoms with Gasteiger partial charge >= 0.3 is 0 Å². The summed E-state index contributed by atoms with van der Waals surface area (Å²) in [5.41, 5.74) is -0.506. The first-order valence-electron chi connectivity index (χ1n) is 5.66. The monoisotopic (exact) mass is 284 g/mol. The molecule has 0 aromatic carbocycles. The van der Waals surface area contributed by atoms with E-state index in [2.05, 4.69) is 5.10 Å². The molecule has 18 heavy (non-hydrogen) atoms. The minimum Gasteiger partial charge on any atom is -0.270 e. The van der Waals surface area contributed by atoms with Gasteiger partial charge in [-0.2, -0.15) is 13.9 Å². The Hall–Kier alpha value is -0.780. The first-order valence-corrected chi connectivity index (χ1v) is 6.04. The van der Waals surface area contributed by atoms with Crippen molar-refractivity contribution < 1.29 is 17.6 Å². The first kappa shape index (κ1) is 13.6. The van der Waals surface area contributed by atoms with Crippen molar-refractivity contribution in [3.8, 4) is 0 Å². The summed E-state index contributed by atoms with van der Waals surface area (Å²) >= 11 is 5.66. The minimum atomic E-state index is -3.12. The second kappa shape index (κ2) is 4.40. The molecular formula is C11H13ClF4N2. The van der Waals surface area contributed by atoms with Crippen molar-refractivity contribution in [2.45, 2.75) is 44.6 Å². The van der Waals surface area contributed by atoms with Gasteiger partial charge in [-0.15, -0.1) is 0 Å². The SMILES string of the molecule is CC(F)(F)c1nn(CC2CCC(F)(F)C2)cc1Cl. The Balaban J connectivity index is 2.08. The third-order valence-electron chi connectivity index (χ3n) is 3.08. The Bertz CT molecular complexity index is 439. The number of rotatable bonds is 3. The van der Waals surface area contributed by atoms with Crippen molar-refractivity contribution in [2.24, 2.45) is 5.92 Å². The largest absolute Gasteiger partial charge is 0.290 e. The van der Waals surface area contributed by atoms with Crippen LogP contribution in [-0.2, 0) is 12.5 Å². The summed E-state index contributed by atoms with van der Waals surface area (Å²) in [4.78, 5) is 0. The van der Waals surface area contributed by atoms with E-state index in [1.165, 1.54) is 10.9 Å². The molecule has 1 aromatic heterocycles. The summed E-state index contributed by atoms with van der Waals surface area (Å²) < 4.78 is 53.4. The van der Waals surface area contributed by atoms with Crippen LogP contribution in [0.25, 0.3) is 0 Å². The maximum atomic E-state index is 13.1. The van der Waals surface area contributed by atoms with E-state index in [1.54, 1.807) is 0 Å². The van der Waals surface area contributed by atoms with Gasteiger partial charge in [-0.05, 0) is 12.3 Å². The maximum Gasteiger partial charge on any atom is 0.290 e. The molecule has 1 atom stereocenters. The lowest BCUT2D eigenvalue weighted by atomic mass is 10.1. The molecule has 0 amide bonds. The average Bonchev–Trinajstić information content (AvgIpc) is 2.69. The third kappa shape index (κ3) is 2.96. The highest BCUT2D eigenvalue weighted by Gasteiger charge is 2.40. The van der Waals surface area contributed by atoms with Gasteiger partial charge < -0.3 is 0 Å². The molecule has 1 heterocycles. The predicted molar refractivity (Wildman–Crippen MR) is 59.1 cm³/mol. The molecule has 0 radical (unpaired) electrons. The summed E-state index contributed by atoms with van der Waals surface area (Å²) in [6, 6.07) is 0. The minimum absolute atomic E-state index is 0.132. The van der Waals surface area contributed by atoms with Crippen molar-refractivity contribution in [3.63, 3.8) is 0 Å². The van der Waals surface area contributed by atoms with E-state index >= 15 is 0 Å². The summed E-state index contributed by atoms with van der Waals surface area (Å²) in [6.45, 7) is 0.903. The van der Waals surface area contributed by atoms with Gasteiger partial charge in [0.25, 0.3) is 5.92 Å². The molecule has 1 unspecified atom stereocenters. The van der Waals surface area contributed by atoms with Crippen molar-refractivity contribution in [3.05, 3.63) is 16.9 Å². The van der Waals surface area contributed by atoms with Crippen molar-refractivity contribution in [1.29, 1.82) is 0 Å². The zero-order chi connectivity index (χ0) is 13.6. The molecule has 2 rings (SSSR count).